The summed E-state index contributed by atoms with van der Waals surface area (Å²) in [6, 6.07) is 0. The Hall–Kier alpha value is 0.0700. The van der Waals surface area contributed by atoms with Gasteiger partial charge in [0.05, 0.1) is 5.45 Å². The molecule has 0 saturated carbocycles. The highest BCUT2D eigenvalue weighted by Gasteiger charge is 1.72. The minimum Gasteiger partial charge on any atom is -0.211 e. The number of nitrogens with two attached hydrogens (primary N) is 1. The molecule has 0 rings (SSSR count). The van der Waals surface area contributed by atoms with E-state index >= 15 is 0 Å². The van der Waals surface area contributed by atoms with Crippen molar-refractivity contribution in [2.24, 2.45) is 5.84 Å². The first kappa shape index (κ1) is 8.91. The largest absolute Gasteiger partial charge is 0.211 e. The van der Waals surface area contributed by atoms with Gasteiger partial charge in [0.15, 0.2) is 0 Å². The summed E-state index contributed by atoms with van der Waals surface area (Å²) in [7, 11) is 0. The minimum atomic E-state index is -1.50. The van der Waals surface area contributed by atoms with Crippen molar-refractivity contribution in [1.29, 1.82) is 0 Å². The van der Waals surface area contributed by atoms with Crippen LogP contribution < -0.4 is 5.84 Å². The predicted molar refractivity (Wildman–Crippen MR) is 15.5 cm³/mol. The van der Waals surface area contributed by atoms with E-state index in [9.17, 15) is 8.96 Å². The van der Waals surface area contributed by atoms with Gasteiger partial charge in [-0.1, -0.05) is 8.96 Å². The molecule has 0 bridgehead atoms. The molecule has 0 aliphatic rings. The molecule has 0 unspecified atom stereocenters. The second-order valence-electron chi connectivity index (χ2n) is 0.259. The fourth-order valence-corrected chi connectivity index (χ4v) is 0. The number of hydrogen-bond donors (Lipinski definition) is 1. The Morgan fingerprint density at radius 2 is 1.40 bits per heavy atom. The summed E-state index contributed by atoms with van der Waals surface area (Å²) < 4.78 is 19.9. The van der Waals surface area contributed by atoms with E-state index in [-0.39, 0.29) is 12.4 Å². The van der Waals surface area contributed by atoms with Gasteiger partial charge in [-0.3, -0.25) is 0 Å². The van der Waals surface area contributed by atoms with Crippen LogP contribution >= 0.6 is 12.4 Å². The molecule has 0 aromatic rings. The molecule has 5 heteroatoms. The van der Waals surface area contributed by atoms with Gasteiger partial charge in [-0.05, 0) is 0 Å². The first-order chi connectivity index (χ1) is 1.73. The van der Waals surface area contributed by atoms with Crippen molar-refractivity contribution < 1.29 is 8.96 Å². The van der Waals surface area contributed by atoms with Crippen LogP contribution in [0, 0.1) is 0 Å². The summed E-state index contributed by atoms with van der Waals surface area (Å²) in [5.74, 6) is 3.61. The van der Waals surface area contributed by atoms with Gasteiger partial charge in [0.25, 0.3) is 0 Å². The molecular weight excluding hydrogens is 101 g/mol. The zero-order chi connectivity index (χ0) is 3.58. The normalized spacial score (nSPS) is 7.20. The lowest BCUT2D eigenvalue weighted by atomic mass is 12.8. The molecule has 2 N–H and O–H groups in total. The van der Waals surface area contributed by atoms with Gasteiger partial charge in [0.1, 0.15) is 0 Å². The van der Waals surface area contributed by atoms with Gasteiger partial charge in [0.2, 0.25) is 0 Å². The van der Waals surface area contributed by atoms with Gasteiger partial charge in [-0.25, -0.2) is 5.84 Å². The molecule has 2 nitrogen and oxygen atoms in total. The highest BCUT2D eigenvalue weighted by atomic mass is 35.5. The van der Waals surface area contributed by atoms with Gasteiger partial charge >= 0.3 is 0 Å². The molecule has 0 spiro atoms. The topological polar surface area (TPSA) is 29.3 Å². The maximum Gasteiger partial charge on any atom is 0.0926 e. The fourth-order valence-electron chi connectivity index (χ4n) is 0. The third-order valence-electron chi connectivity index (χ3n) is 0. The molecule has 34 valence electrons. The number of nitrogens with zero attached hydrogens (tertiary/aromatic N) is 1. The Morgan fingerprint density at radius 3 is 1.40 bits per heavy atom. The van der Waals surface area contributed by atoms with E-state index in [0.717, 1.165) is 0 Å². The molecule has 0 aliphatic heterocycles. The van der Waals surface area contributed by atoms with E-state index in [4.69, 9.17) is 0 Å². The van der Waals surface area contributed by atoms with Crippen molar-refractivity contribution in [3.63, 3.8) is 0 Å². The van der Waals surface area contributed by atoms with Gasteiger partial charge in [-0.15, -0.1) is 12.4 Å². The Morgan fingerprint density at radius 1 is 1.40 bits per heavy atom. The maximum atomic E-state index is 9.94. The maximum absolute atomic E-state index is 9.94. The van der Waals surface area contributed by atoms with Crippen molar-refractivity contribution in [2.75, 3.05) is 0 Å². The van der Waals surface area contributed by atoms with Crippen molar-refractivity contribution >= 4 is 12.4 Å². The van der Waals surface area contributed by atoms with Crippen LogP contribution in [0.3, 0.4) is 0 Å². The van der Waals surface area contributed by atoms with E-state index in [1.165, 1.54) is 0 Å². The molecule has 0 atom stereocenters. The smallest absolute Gasteiger partial charge is 0.0926 e. The summed E-state index contributed by atoms with van der Waals surface area (Å²) in [4.78, 5) is 0. The van der Waals surface area contributed by atoms with E-state index in [2.05, 4.69) is 5.84 Å². The van der Waals surface area contributed by atoms with E-state index in [0.29, 0.717) is 0 Å². The number of hydrazine groups is 1. The summed E-state index contributed by atoms with van der Waals surface area (Å²) in [5, 5.41) is 0. The summed E-state index contributed by atoms with van der Waals surface area (Å²) in [6.07, 6.45) is 0. The highest BCUT2D eigenvalue weighted by molar-refractivity contribution is 5.85. The number of hydrogen-bond acceptors (Lipinski definition) is 2. The van der Waals surface area contributed by atoms with Crippen molar-refractivity contribution in [1.82, 2.24) is 5.45 Å². The van der Waals surface area contributed by atoms with Crippen LogP contribution in [-0.4, -0.2) is 5.45 Å². The lowest BCUT2D eigenvalue weighted by molar-refractivity contribution is -0.155. The quantitative estimate of drug-likeness (QED) is 0.273. The van der Waals surface area contributed by atoms with E-state index in [1.54, 1.807) is 0 Å². The van der Waals surface area contributed by atoms with E-state index < -0.39 is 5.45 Å². The van der Waals surface area contributed by atoms with Crippen molar-refractivity contribution in [2.45, 2.75) is 0 Å². The van der Waals surface area contributed by atoms with Crippen molar-refractivity contribution in [3.05, 3.63) is 0 Å². The van der Waals surface area contributed by atoms with Crippen LogP contribution in [0.4, 0.5) is 8.96 Å². The minimum absolute atomic E-state index is 0. The van der Waals surface area contributed by atoms with Crippen LogP contribution in [0.5, 0.6) is 0 Å². The molecule has 0 aromatic carbocycles. The average molecular weight is 104 g/mol. The van der Waals surface area contributed by atoms with Gasteiger partial charge < -0.3 is 0 Å². The van der Waals surface area contributed by atoms with Gasteiger partial charge in [0, 0.05) is 0 Å². The van der Waals surface area contributed by atoms with E-state index in [1.807, 2.05) is 0 Å². The molecule has 5 heavy (non-hydrogen) atoms. The molecule has 0 radical (unpaired) electrons. The highest BCUT2D eigenvalue weighted by Crippen LogP contribution is 1.66. The molecule has 0 aromatic heterocycles. The van der Waals surface area contributed by atoms with Gasteiger partial charge in [-0.2, -0.15) is 0 Å². The second kappa shape index (κ2) is 4.07. The summed E-state index contributed by atoms with van der Waals surface area (Å²) in [5.41, 5.74) is -1.50. The third kappa shape index (κ3) is 3560. The molecule has 0 aliphatic carbocycles. The van der Waals surface area contributed by atoms with Crippen molar-refractivity contribution in [3.8, 4) is 0 Å². The molecule has 0 saturated heterocycles. The SMILES string of the molecule is Cl.NN(F)F. The lowest BCUT2D eigenvalue weighted by Crippen LogP contribution is -2.07. The molecular formula is H3ClF2N2. The standard InChI is InChI=1S/ClH.F2H2N2/c;1-4(2)3/h1H;3H2. The second-order valence-corrected chi connectivity index (χ2v) is 0.259. The number of rotatable bonds is 0. The van der Waals surface area contributed by atoms with Crippen LogP contribution in [0.2, 0.25) is 0 Å². The van der Waals surface area contributed by atoms with Crippen LogP contribution in [0.1, 0.15) is 0 Å². The van der Waals surface area contributed by atoms with Crippen LogP contribution in [0.15, 0.2) is 0 Å². The average Bonchev–Trinajstić information content (AvgIpc) is 0.811. The first-order valence-corrected chi connectivity index (χ1v) is 0.596. The molecule has 0 amide bonds. The fraction of sp³-hybridized carbons (Fsp3) is 0. The Bertz CT molecular complexity index is 12.4. The van der Waals surface area contributed by atoms with Crippen LogP contribution in [0.25, 0.3) is 0 Å². The Balaban J connectivity index is 0. The molecule has 0 heterocycles. The zero-order valence-electron chi connectivity index (χ0n) is 2.19. The summed E-state index contributed by atoms with van der Waals surface area (Å²) in [6.45, 7) is 0. The number of halogens is 3. The first-order valence-electron chi connectivity index (χ1n) is 0.596. The lowest BCUT2D eigenvalue weighted by Gasteiger charge is -1.75. The third-order valence-corrected chi connectivity index (χ3v) is 0. The predicted octanol–water partition coefficient (Wildman–Crippen LogP) is 0.353. The Labute approximate surface area is 33.8 Å². The monoisotopic (exact) mass is 104 g/mol. The molecule has 0 fully saturated rings. The Kier molecular flexibility index (Phi) is 7.25. The summed E-state index contributed by atoms with van der Waals surface area (Å²) >= 11 is 0. The zero-order valence-corrected chi connectivity index (χ0v) is 3.01. The van der Waals surface area contributed by atoms with Crippen LogP contribution in [-0.2, 0) is 0 Å².